The molecule has 0 atom stereocenters. The van der Waals surface area contributed by atoms with Crippen molar-refractivity contribution < 1.29 is 13.6 Å². The molecule has 0 aliphatic carbocycles. The van der Waals surface area contributed by atoms with Crippen molar-refractivity contribution >= 4 is 27.8 Å². The second-order valence-corrected chi connectivity index (χ2v) is 4.70. The first-order chi connectivity index (χ1) is 9.08. The second kappa shape index (κ2) is 5.89. The molecule has 0 fully saturated rings. The molecule has 0 N–H and O–H groups in total. The van der Waals surface area contributed by atoms with E-state index in [-0.39, 0.29) is 5.56 Å². The fourth-order valence-electron chi connectivity index (χ4n) is 1.55. The van der Waals surface area contributed by atoms with E-state index in [2.05, 4.69) is 15.9 Å². The number of hydrogen-bond acceptors (Lipinski definition) is 1. The topological polar surface area (TPSA) is 17.1 Å². The molecular formula is C15H9BrF2O. The third kappa shape index (κ3) is 3.35. The van der Waals surface area contributed by atoms with E-state index in [1.165, 1.54) is 6.08 Å². The monoisotopic (exact) mass is 322 g/mol. The van der Waals surface area contributed by atoms with Crippen molar-refractivity contribution in [3.63, 3.8) is 0 Å². The van der Waals surface area contributed by atoms with Gasteiger partial charge in [-0.3, -0.25) is 4.79 Å². The molecule has 0 amide bonds. The van der Waals surface area contributed by atoms with Gasteiger partial charge in [0.25, 0.3) is 0 Å². The van der Waals surface area contributed by atoms with Gasteiger partial charge >= 0.3 is 0 Å². The summed E-state index contributed by atoms with van der Waals surface area (Å²) in [5.74, 6) is -1.95. The standard InChI is InChI=1S/C15H9BrF2O/c16-13-4-2-1-3-10(13)5-8-15(19)12-9-11(17)6-7-14(12)18/h1-9H/b8-5+. The summed E-state index contributed by atoms with van der Waals surface area (Å²) in [5, 5.41) is 0. The Morgan fingerprint density at radius 3 is 2.58 bits per heavy atom. The summed E-state index contributed by atoms with van der Waals surface area (Å²) >= 11 is 3.33. The highest BCUT2D eigenvalue weighted by molar-refractivity contribution is 9.10. The van der Waals surface area contributed by atoms with Crippen molar-refractivity contribution in [1.29, 1.82) is 0 Å². The molecule has 0 saturated heterocycles. The number of rotatable bonds is 3. The minimum Gasteiger partial charge on any atom is -0.289 e. The van der Waals surface area contributed by atoms with E-state index in [0.717, 1.165) is 28.2 Å². The van der Waals surface area contributed by atoms with Crippen LogP contribution in [0.5, 0.6) is 0 Å². The smallest absolute Gasteiger partial charge is 0.188 e. The Bertz CT molecular complexity index is 650. The molecule has 0 unspecified atom stereocenters. The van der Waals surface area contributed by atoms with E-state index in [1.807, 2.05) is 18.2 Å². The predicted octanol–water partition coefficient (Wildman–Crippen LogP) is 4.62. The number of hydrogen-bond donors (Lipinski definition) is 0. The molecule has 0 aliphatic heterocycles. The van der Waals surface area contributed by atoms with Crippen LogP contribution in [0.25, 0.3) is 6.08 Å². The number of ketones is 1. The van der Waals surface area contributed by atoms with E-state index in [1.54, 1.807) is 12.1 Å². The third-order valence-corrected chi connectivity index (χ3v) is 3.24. The fraction of sp³-hybridized carbons (Fsp3) is 0. The van der Waals surface area contributed by atoms with Gasteiger partial charge in [0.1, 0.15) is 11.6 Å². The van der Waals surface area contributed by atoms with Gasteiger partial charge in [0.05, 0.1) is 5.56 Å². The van der Waals surface area contributed by atoms with Crippen LogP contribution in [-0.2, 0) is 0 Å². The highest BCUT2D eigenvalue weighted by atomic mass is 79.9. The fourth-order valence-corrected chi connectivity index (χ4v) is 1.97. The van der Waals surface area contributed by atoms with Crippen LogP contribution in [0.1, 0.15) is 15.9 Å². The van der Waals surface area contributed by atoms with Gasteiger partial charge in [0, 0.05) is 4.47 Å². The first-order valence-corrected chi connectivity index (χ1v) is 6.29. The van der Waals surface area contributed by atoms with Gasteiger partial charge in [-0.2, -0.15) is 0 Å². The van der Waals surface area contributed by atoms with Gasteiger partial charge in [-0.05, 0) is 42.0 Å². The number of allylic oxidation sites excluding steroid dienone is 1. The first-order valence-electron chi connectivity index (χ1n) is 5.50. The largest absolute Gasteiger partial charge is 0.289 e. The predicted molar refractivity (Wildman–Crippen MR) is 73.9 cm³/mol. The molecule has 0 heterocycles. The Hall–Kier alpha value is -1.81. The van der Waals surface area contributed by atoms with Crippen molar-refractivity contribution in [1.82, 2.24) is 0 Å². The Morgan fingerprint density at radius 1 is 1.11 bits per heavy atom. The molecule has 96 valence electrons. The Kier molecular flexibility index (Phi) is 4.22. The average Bonchev–Trinajstić information content (AvgIpc) is 2.40. The molecule has 19 heavy (non-hydrogen) atoms. The van der Waals surface area contributed by atoms with Crippen LogP contribution in [-0.4, -0.2) is 5.78 Å². The summed E-state index contributed by atoms with van der Waals surface area (Å²) in [4.78, 5) is 11.8. The summed E-state index contributed by atoms with van der Waals surface area (Å²) in [7, 11) is 0. The van der Waals surface area contributed by atoms with E-state index in [0.29, 0.717) is 0 Å². The van der Waals surface area contributed by atoms with Crippen LogP contribution < -0.4 is 0 Å². The lowest BCUT2D eigenvalue weighted by molar-refractivity contribution is 0.104. The van der Waals surface area contributed by atoms with Crippen LogP contribution in [0, 0.1) is 11.6 Å². The maximum atomic E-state index is 13.4. The molecule has 0 radical (unpaired) electrons. The number of halogens is 3. The van der Waals surface area contributed by atoms with E-state index < -0.39 is 17.4 Å². The molecular weight excluding hydrogens is 314 g/mol. The molecule has 0 bridgehead atoms. The SMILES string of the molecule is O=C(/C=C/c1ccccc1Br)c1cc(F)ccc1F. The molecule has 1 nitrogen and oxygen atoms in total. The lowest BCUT2D eigenvalue weighted by atomic mass is 10.1. The zero-order chi connectivity index (χ0) is 13.8. The highest BCUT2D eigenvalue weighted by Crippen LogP contribution is 2.18. The summed E-state index contributed by atoms with van der Waals surface area (Å²) < 4.78 is 27.2. The lowest BCUT2D eigenvalue weighted by Gasteiger charge is -1.99. The Balaban J connectivity index is 2.26. The zero-order valence-electron chi connectivity index (χ0n) is 9.74. The third-order valence-electron chi connectivity index (χ3n) is 2.51. The lowest BCUT2D eigenvalue weighted by Crippen LogP contribution is -1.99. The quantitative estimate of drug-likeness (QED) is 0.595. The van der Waals surface area contributed by atoms with Gasteiger partial charge in [-0.15, -0.1) is 0 Å². The zero-order valence-corrected chi connectivity index (χ0v) is 11.3. The maximum Gasteiger partial charge on any atom is 0.188 e. The minimum atomic E-state index is -0.733. The van der Waals surface area contributed by atoms with Crippen molar-refractivity contribution in [3.05, 3.63) is 75.8 Å². The maximum absolute atomic E-state index is 13.4. The molecule has 0 spiro atoms. The van der Waals surface area contributed by atoms with Gasteiger partial charge in [-0.25, -0.2) is 8.78 Å². The summed E-state index contributed by atoms with van der Waals surface area (Å²) in [6.07, 6.45) is 2.77. The van der Waals surface area contributed by atoms with Crippen molar-refractivity contribution in [2.24, 2.45) is 0 Å². The van der Waals surface area contributed by atoms with Gasteiger partial charge in [0.15, 0.2) is 5.78 Å². The molecule has 4 heteroatoms. The normalized spacial score (nSPS) is 10.9. The molecule has 2 aromatic rings. The van der Waals surface area contributed by atoms with Crippen LogP contribution >= 0.6 is 15.9 Å². The second-order valence-electron chi connectivity index (χ2n) is 3.84. The van der Waals surface area contributed by atoms with Gasteiger partial charge in [-0.1, -0.05) is 34.1 Å². The summed E-state index contributed by atoms with van der Waals surface area (Å²) in [6, 6.07) is 10.1. The molecule has 0 saturated carbocycles. The first kappa shape index (κ1) is 13.6. The van der Waals surface area contributed by atoms with Crippen LogP contribution in [0.4, 0.5) is 8.78 Å². The number of benzene rings is 2. The molecule has 0 aromatic heterocycles. The molecule has 2 rings (SSSR count). The van der Waals surface area contributed by atoms with Gasteiger partial charge < -0.3 is 0 Å². The van der Waals surface area contributed by atoms with Crippen LogP contribution in [0.15, 0.2) is 53.0 Å². The van der Waals surface area contributed by atoms with Crippen LogP contribution in [0.2, 0.25) is 0 Å². The van der Waals surface area contributed by atoms with Crippen molar-refractivity contribution in [3.8, 4) is 0 Å². The van der Waals surface area contributed by atoms with Crippen molar-refractivity contribution in [2.75, 3.05) is 0 Å². The average molecular weight is 323 g/mol. The van der Waals surface area contributed by atoms with E-state index in [4.69, 9.17) is 0 Å². The van der Waals surface area contributed by atoms with E-state index in [9.17, 15) is 13.6 Å². The number of carbonyl (C=O) groups excluding carboxylic acids is 1. The van der Waals surface area contributed by atoms with Crippen molar-refractivity contribution in [2.45, 2.75) is 0 Å². The molecule has 2 aromatic carbocycles. The molecule has 0 aliphatic rings. The number of carbonyl (C=O) groups is 1. The minimum absolute atomic E-state index is 0.275. The Morgan fingerprint density at radius 2 is 1.84 bits per heavy atom. The van der Waals surface area contributed by atoms with Crippen LogP contribution in [0.3, 0.4) is 0 Å². The van der Waals surface area contributed by atoms with E-state index >= 15 is 0 Å². The highest BCUT2D eigenvalue weighted by Gasteiger charge is 2.10. The van der Waals surface area contributed by atoms with Gasteiger partial charge in [0.2, 0.25) is 0 Å². The summed E-state index contributed by atoms with van der Waals surface area (Å²) in [6.45, 7) is 0. The Labute approximate surface area is 117 Å². The summed E-state index contributed by atoms with van der Waals surface area (Å²) in [5.41, 5.74) is 0.510.